The summed E-state index contributed by atoms with van der Waals surface area (Å²) >= 11 is 0. The highest BCUT2D eigenvalue weighted by Crippen LogP contribution is 2.09. The third-order valence-electron chi connectivity index (χ3n) is 3.91. The van der Waals surface area contributed by atoms with Crippen molar-refractivity contribution in [2.24, 2.45) is 0 Å². The summed E-state index contributed by atoms with van der Waals surface area (Å²) in [4.78, 5) is 2.25. The monoisotopic (exact) mass is 282 g/mol. The van der Waals surface area contributed by atoms with Crippen LogP contribution in [0.25, 0.3) is 0 Å². The number of aliphatic hydroxyl groups excluding tert-OH is 1. The summed E-state index contributed by atoms with van der Waals surface area (Å²) in [5.41, 5.74) is 0. The van der Waals surface area contributed by atoms with Crippen molar-refractivity contribution in [3.63, 3.8) is 0 Å². The molecule has 0 spiro atoms. The normalized spacial score (nSPS) is 21.6. The zero-order valence-corrected chi connectivity index (χ0v) is 12.4. The van der Waals surface area contributed by atoms with E-state index in [-0.39, 0.29) is 18.2 Å². The zero-order chi connectivity index (χ0) is 14.4. The first-order chi connectivity index (χ1) is 9.66. The summed E-state index contributed by atoms with van der Waals surface area (Å²) in [7, 11) is 0. The Morgan fingerprint density at radius 2 is 2.10 bits per heavy atom. The molecule has 0 radical (unpaired) electrons. The molecule has 20 heavy (non-hydrogen) atoms. The van der Waals surface area contributed by atoms with Crippen LogP contribution in [0.15, 0.2) is 18.5 Å². The van der Waals surface area contributed by atoms with Crippen molar-refractivity contribution in [1.29, 1.82) is 0 Å². The SMILES string of the molecule is C[C@H](NC[C@H](O)CN1CCOCC1)[C@H](C)n1cccn1. The molecule has 1 aromatic heterocycles. The Bertz CT molecular complexity index is 365. The Kier molecular flexibility index (Phi) is 5.97. The first-order valence-corrected chi connectivity index (χ1v) is 7.37. The standard InChI is InChI=1S/C14H26N4O2/c1-12(13(2)18-5-3-4-16-18)15-10-14(19)11-17-6-8-20-9-7-17/h3-5,12-15,19H,6-11H2,1-2H3/t12-,13-,14-/m0/s1. The Labute approximate surface area is 120 Å². The molecule has 3 atom stereocenters. The molecule has 0 amide bonds. The van der Waals surface area contributed by atoms with Gasteiger partial charge in [0.05, 0.1) is 25.4 Å². The van der Waals surface area contributed by atoms with E-state index in [4.69, 9.17) is 4.74 Å². The first kappa shape index (κ1) is 15.4. The van der Waals surface area contributed by atoms with Crippen molar-refractivity contribution in [1.82, 2.24) is 20.0 Å². The molecule has 114 valence electrons. The number of rotatable bonds is 7. The van der Waals surface area contributed by atoms with Crippen LogP contribution < -0.4 is 5.32 Å². The van der Waals surface area contributed by atoms with Gasteiger partial charge < -0.3 is 15.2 Å². The highest BCUT2D eigenvalue weighted by Gasteiger charge is 2.18. The van der Waals surface area contributed by atoms with Gasteiger partial charge in [0.2, 0.25) is 0 Å². The molecule has 1 aliphatic rings. The van der Waals surface area contributed by atoms with E-state index in [2.05, 4.69) is 29.2 Å². The number of nitrogens with one attached hydrogen (secondary N) is 1. The quantitative estimate of drug-likeness (QED) is 0.743. The van der Waals surface area contributed by atoms with Crippen LogP contribution >= 0.6 is 0 Å². The van der Waals surface area contributed by atoms with Crippen molar-refractivity contribution in [2.75, 3.05) is 39.4 Å². The second-order valence-electron chi connectivity index (χ2n) is 5.49. The Hall–Kier alpha value is -0.950. The molecule has 2 rings (SSSR count). The van der Waals surface area contributed by atoms with Crippen molar-refractivity contribution in [3.8, 4) is 0 Å². The van der Waals surface area contributed by atoms with Gasteiger partial charge in [-0.25, -0.2) is 0 Å². The summed E-state index contributed by atoms with van der Waals surface area (Å²) in [6, 6.07) is 2.45. The Morgan fingerprint density at radius 1 is 1.35 bits per heavy atom. The second kappa shape index (κ2) is 7.73. The highest BCUT2D eigenvalue weighted by molar-refractivity contribution is 4.84. The number of morpholine rings is 1. The lowest BCUT2D eigenvalue weighted by atomic mass is 10.1. The number of nitrogens with zero attached hydrogens (tertiary/aromatic N) is 3. The number of β-amino-alcohol motifs (C(OH)–C–C–N with tert-alkyl or cyclic N) is 1. The Balaban J connectivity index is 1.68. The molecule has 0 bridgehead atoms. The topological polar surface area (TPSA) is 62.6 Å². The van der Waals surface area contributed by atoms with Gasteiger partial charge in [-0.3, -0.25) is 9.58 Å². The molecule has 2 N–H and O–H groups in total. The highest BCUT2D eigenvalue weighted by atomic mass is 16.5. The summed E-state index contributed by atoms with van der Waals surface area (Å²) in [6.07, 6.45) is 3.41. The van der Waals surface area contributed by atoms with Gasteiger partial charge in [0.15, 0.2) is 0 Å². The molecular weight excluding hydrogens is 256 g/mol. The van der Waals surface area contributed by atoms with Gasteiger partial charge in [0, 0.05) is 44.6 Å². The number of aromatic nitrogens is 2. The zero-order valence-electron chi connectivity index (χ0n) is 12.4. The van der Waals surface area contributed by atoms with Crippen molar-refractivity contribution >= 4 is 0 Å². The first-order valence-electron chi connectivity index (χ1n) is 7.37. The fraction of sp³-hybridized carbons (Fsp3) is 0.786. The van der Waals surface area contributed by atoms with E-state index in [1.807, 2.05) is 16.9 Å². The maximum absolute atomic E-state index is 10.1. The number of hydrogen-bond acceptors (Lipinski definition) is 5. The summed E-state index contributed by atoms with van der Waals surface area (Å²) in [5, 5.41) is 17.7. The molecule has 0 aliphatic carbocycles. The van der Waals surface area contributed by atoms with Crippen molar-refractivity contribution in [3.05, 3.63) is 18.5 Å². The molecule has 1 fully saturated rings. The molecule has 2 heterocycles. The van der Waals surface area contributed by atoms with Crippen LogP contribution in [0.4, 0.5) is 0 Å². The molecule has 0 unspecified atom stereocenters. The van der Waals surface area contributed by atoms with Crippen LogP contribution in [0.3, 0.4) is 0 Å². The Morgan fingerprint density at radius 3 is 2.75 bits per heavy atom. The summed E-state index contributed by atoms with van der Waals surface area (Å²) < 4.78 is 7.24. The maximum atomic E-state index is 10.1. The number of ether oxygens (including phenoxy) is 1. The molecule has 6 nitrogen and oxygen atoms in total. The average Bonchev–Trinajstić information content (AvgIpc) is 2.99. The van der Waals surface area contributed by atoms with E-state index < -0.39 is 0 Å². The number of aliphatic hydroxyl groups is 1. The molecule has 1 aromatic rings. The van der Waals surface area contributed by atoms with E-state index in [0.29, 0.717) is 13.1 Å². The van der Waals surface area contributed by atoms with Crippen LogP contribution in [0, 0.1) is 0 Å². The van der Waals surface area contributed by atoms with Crippen molar-refractivity contribution < 1.29 is 9.84 Å². The average molecular weight is 282 g/mol. The van der Waals surface area contributed by atoms with Gasteiger partial charge in [0.1, 0.15) is 0 Å². The van der Waals surface area contributed by atoms with Crippen molar-refractivity contribution in [2.45, 2.75) is 32.0 Å². The lowest BCUT2D eigenvalue weighted by molar-refractivity contribution is 0.0143. The smallest absolute Gasteiger partial charge is 0.0791 e. The van der Waals surface area contributed by atoms with Crippen LogP contribution in [0.5, 0.6) is 0 Å². The number of hydrogen-bond donors (Lipinski definition) is 2. The van der Waals surface area contributed by atoms with Gasteiger partial charge in [-0.2, -0.15) is 5.10 Å². The van der Waals surface area contributed by atoms with Crippen LogP contribution in [0.1, 0.15) is 19.9 Å². The third kappa shape index (κ3) is 4.56. The lowest BCUT2D eigenvalue weighted by Gasteiger charge is -2.29. The molecule has 1 saturated heterocycles. The molecular formula is C14H26N4O2. The minimum absolute atomic E-state index is 0.259. The van der Waals surface area contributed by atoms with E-state index in [9.17, 15) is 5.11 Å². The molecule has 1 aliphatic heterocycles. The predicted molar refractivity (Wildman–Crippen MR) is 77.7 cm³/mol. The lowest BCUT2D eigenvalue weighted by Crippen LogP contribution is -2.46. The molecule has 0 saturated carbocycles. The van der Waals surface area contributed by atoms with Gasteiger partial charge in [-0.1, -0.05) is 0 Å². The van der Waals surface area contributed by atoms with Gasteiger partial charge >= 0.3 is 0 Å². The molecule has 6 heteroatoms. The fourth-order valence-electron chi connectivity index (χ4n) is 2.39. The largest absolute Gasteiger partial charge is 0.390 e. The molecule has 0 aromatic carbocycles. The summed E-state index contributed by atoms with van der Waals surface area (Å²) in [5.74, 6) is 0. The van der Waals surface area contributed by atoms with Crippen LogP contribution in [-0.2, 0) is 4.74 Å². The van der Waals surface area contributed by atoms with E-state index in [0.717, 1.165) is 26.3 Å². The van der Waals surface area contributed by atoms with Crippen LogP contribution in [0.2, 0.25) is 0 Å². The summed E-state index contributed by atoms with van der Waals surface area (Å²) in [6.45, 7) is 8.92. The van der Waals surface area contributed by atoms with Gasteiger partial charge in [-0.05, 0) is 19.9 Å². The van der Waals surface area contributed by atoms with E-state index >= 15 is 0 Å². The van der Waals surface area contributed by atoms with Crippen LogP contribution in [-0.4, -0.2) is 71.3 Å². The predicted octanol–water partition coefficient (Wildman–Crippen LogP) is 0.115. The third-order valence-corrected chi connectivity index (χ3v) is 3.91. The van der Waals surface area contributed by atoms with Gasteiger partial charge in [0.25, 0.3) is 0 Å². The maximum Gasteiger partial charge on any atom is 0.0791 e. The minimum Gasteiger partial charge on any atom is -0.390 e. The fourth-order valence-corrected chi connectivity index (χ4v) is 2.39. The second-order valence-corrected chi connectivity index (χ2v) is 5.49. The van der Waals surface area contributed by atoms with E-state index in [1.54, 1.807) is 6.20 Å². The van der Waals surface area contributed by atoms with E-state index in [1.165, 1.54) is 0 Å². The van der Waals surface area contributed by atoms with Gasteiger partial charge in [-0.15, -0.1) is 0 Å². The minimum atomic E-state index is -0.347.